The Morgan fingerprint density at radius 1 is 1.17 bits per heavy atom. The van der Waals surface area contributed by atoms with Crippen molar-refractivity contribution in [2.24, 2.45) is 0 Å². The first-order valence-electron chi connectivity index (χ1n) is 7.70. The van der Waals surface area contributed by atoms with Crippen LogP contribution in [0.3, 0.4) is 0 Å². The van der Waals surface area contributed by atoms with Crippen molar-refractivity contribution in [1.29, 1.82) is 0 Å². The van der Waals surface area contributed by atoms with Crippen LogP contribution in [0, 0.1) is 0 Å². The Hall–Kier alpha value is -2.09. The molecule has 132 valence electrons. The van der Waals surface area contributed by atoms with Gasteiger partial charge in [-0.3, -0.25) is 9.59 Å². The number of hydrogen-bond donors (Lipinski definition) is 2. The quantitative estimate of drug-likeness (QED) is 0.831. The fourth-order valence-corrected chi connectivity index (χ4v) is 2.38. The highest BCUT2D eigenvalue weighted by molar-refractivity contribution is 5.96. The molecule has 1 aliphatic rings. The number of hydrogen-bond acceptors (Lipinski definition) is 3. The van der Waals surface area contributed by atoms with Gasteiger partial charge >= 0.3 is 6.18 Å². The van der Waals surface area contributed by atoms with E-state index < -0.39 is 17.6 Å². The predicted molar refractivity (Wildman–Crippen MR) is 80.4 cm³/mol. The highest BCUT2D eigenvalue weighted by Gasteiger charge is 2.30. The normalized spacial score (nSPS) is 17.5. The number of amides is 2. The number of carbonyl (C=O) groups excluding carboxylic acids is 2. The Morgan fingerprint density at radius 3 is 2.46 bits per heavy atom. The Bertz CT molecular complexity index is 567. The number of benzene rings is 1. The molecule has 0 aliphatic carbocycles. The first-order chi connectivity index (χ1) is 11.4. The lowest BCUT2D eigenvalue weighted by molar-refractivity contribution is -0.137. The van der Waals surface area contributed by atoms with E-state index in [1.165, 1.54) is 0 Å². The molecule has 1 saturated heterocycles. The molecule has 1 fully saturated rings. The Balaban J connectivity index is 1.70. The van der Waals surface area contributed by atoms with E-state index in [4.69, 9.17) is 4.74 Å². The first-order valence-corrected chi connectivity index (χ1v) is 7.70. The Labute approximate surface area is 137 Å². The lowest BCUT2D eigenvalue weighted by atomic mass is 10.1. The van der Waals surface area contributed by atoms with Crippen LogP contribution in [0.1, 0.15) is 35.2 Å². The fraction of sp³-hybridized carbons (Fsp3) is 0.500. The van der Waals surface area contributed by atoms with Gasteiger partial charge in [0, 0.05) is 18.7 Å². The van der Waals surface area contributed by atoms with Gasteiger partial charge in [-0.25, -0.2) is 0 Å². The van der Waals surface area contributed by atoms with E-state index in [0.717, 1.165) is 50.1 Å². The van der Waals surface area contributed by atoms with Crippen molar-refractivity contribution in [3.63, 3.8) is 0 Å². The monoisotopic (exact) mass is 344 g/mol. The van der Waals surface area contributed by atoms with Gasteiger partial charge in [-0.15, -0.1) is 0 Å². The van der Waals surface area contributed by atoms with Gasteiger partial charge in [-0.1, -0.05) is 0 Å². The molecule has 1 aliphatic heterocycles. The van der Waals surface area contributed by atoms with Crippen LogP contribution in [0.15, 0.2) is 24.3 Å². The molecule has 0 radical (unpaired) electrons. The average molecular weight is 344 g/mol. The van der Waals surface area contributed by atoms with E-state index in [-0.39, 0.29) is 24.1 Å². The molecule has 0 aromatic heterocycles. The molecule has 1 aromatic carbocycles. The maximum absolute atomic E-state index is 12.4. The smallest absolute Gasteiger partial charge is 0.378 e. The summed E-state index contributed by atoms with van der Waals surface area (Å²) in [6, 6.07) is 3.81. The fourth-order valence-electron chi connectivity index (χ4n) is 2.38. The van der Waals surface area contributed by atoms with Gasteiger partial charge in [0.25, 0.3) is 5.91 Å². The van der Waals surface area contributed by atoms with Gasteiger partial charge in [0.05, 0.1) is 18.2 Å². The summed E-state index contributed by atoms with van der Waals surface area (Å²) in [6.07, 6.45) is -1.54. The lowest BCUT2D eigenvalue weighted by Crippen LogP contribution is -2.37. The van der Waals surface area contributed by atoms with E-state index in [2.05, 4.69) is 10.6 Å². The molecule has 0 saturated carbocycles. The van der Waals surface area contributed by atoms with Crippen LogP contribution in [-0.4, -0.2) is 37.6 Å². The summed E-state index contributed by atoms with van der Waals surface area (Å²) in [4.78, 5) is 23.4. The highest BCUT2D eigenvalue weighted by atomic mass is 19.4. The molecular formula is C16H19F3N2O3. The number of nitrogens with one attached hydrogen (secondary N) is 2. The zero-order valence-corrected chi connectivity index (χ0v) is 13.0. The van der Waals surface area contributed by atoms with Crippen molar-refractivity contribution in [2.75, 3.05) is 19.7 Å². The second-order valence-electron chi connectivity index (χ2n) is 5.53. The van der Waals surface area contributed by atoms with Crippen LogP contribution < -0.4 is 10.6 Å². The first kappa shape index (κ1) is 18.3. The minimum atomic E-state index is -4.45. The molecule has 0 bridgehead atoms. The third kappa shape index (κ3) is 5.52. The predicted octanol–water partition coefficient (Wildman–Crippen LogP) is 2.12. The Morgan fingerprint density at radius 2 is 1.88 bits per heavy atom. The molecule has 1 aromatic rings. The van der Waals surface area contributed by atoms with Crippen LogP contribution >= 0.6 is 0 Å². The van der Waals surface area contributed by atoms with Crippen LogP contribution in [0.2, 0.25) is 0 Å². The van der Waals surface area contributed by atoms with Gasteiger partial charge in [0.15, 0.2) is 0 Å². The summed E-state index contributed by atoms with van der Waals surface area (Å²) in [7, 11) is 0. The van der Waals surface area contributed by atoms with E-state index >= 15 is 0 Å². The summed E-state index contributed by atoms with van der Waals surface area (Å²) in [5.74, 6) is -0.953. The highest BCUT2D eigenvalue weighted by Crippen LogP contribution is 2.29. The topological polar surface area (TPSA) is 67.4 Å². The van der Waals surface area contributed by atoms with Crippen molar-refractivity contribution >= 4 is 11.8 Å². The number of halogens is 3. The minimum absolute atomic E-state index is 0.0650. The minimum Gasteiger partial charge on any atom is -0.378 e. The van der Waals surface area contributed by atoms with E-state index in [9.17, 15) is 22.8 Å². The van der Waals surface area contributed by atoms with Gasteiger partial charge in [-0.2, -0.15) is 13.2 Å². The van der Waals surface area contributed by atoms with Crippen molar-refractivity contribution in [3.8, 4) is 0 Å². The van der Waals surface area contributed by atoms with Crippen LogP contribution in [0.4, 0.5) is 13.2 Å². The molecule has 24 heavy (non-hydrogen) atoms. The molecule has 2 rings (SSSR count). The van der Waals surface area contributed by atoms with Gasteiger partial charge in [-0.05, 0) is 43.5 Å². The number of rotatable bonds is 6. The zero-order valence-electron chi connectivity index (χ0n) is 13.0. The molecule has 1 atom stereocenters. The molecule has 2 N–H and O–H groups in total. The maximum Gasteiger partial charge on any atom is 0.416 e. The molecule has 5 nitrogen and oxygen atoms in total. The summed E-state index contributed by atoms with van der Waals surface area (Å²) < 4.78 is 42.8. The Kier molecular flexibility index (Phi) is 6.19. The maximum atomic E-state index is 12.4. The van der Waals surface area contributed by atoms with E-state index in [1.807, 2.05) is 0 Å². The second-order valence-corrected chi connectivity index (χ2v) is 5.53. The van der Waals surface area contributed by atoms with Gasteiger partial charge in [0.1, 0.15) is 0 Å². The van der Waals surface area contributed by atoms with E-state index in [0.29, 0.717) is 6.54 Å². The number of alkyl halides is 3. The SMILES string of the molecule is O=C(CNC(=O)c1ccc(C(F)(F)F)cc1)NCC[C@H]1CCCO1. The molecular weight excluding hydrogens is 325 g/mol. The van der Waals surface area contributed by atoms with Gasteiger partial charge in [0.2, 0.25) is 5.91 Å². The summed E-state index contributed by atoms with van der Waals surface area (Å²) in [5, 5.41) is 5.03. The van der Waals surface area contributed by atoms with Crippen molar-refractivity contribution in [2.45, 2.75) is 31.5 Å². The number of ether oxygens (including phenoxy) is 1. The van der Waals surface area contributed by atoms with Gasteiger partial charge < -0.3 is 15.4 Å². The van der Waals surface area contributed by atoms with Crippen LogP contribution in [0.5, 0.6) is 0 Å². The third-order valence-corrected chi connectivity index (χ3v) is 3.70. The third-order valence-electron chi connectivity index (χ3n) is 3.70. The van der Waals surface area contributed by atoms with Crippen LogP contribution in [0.25, 0.3) is 0 Å². The van der Waals surface area contributed by atoms with Crippen LogP contribution in [-0.2, 0) is 15.7 Å². The average Bonchev–Trinajstić information content (AvgIpc) is 3.05. The summed E-state index contributed by atoms with van der Waals surface area (Å²) in [5.41, 5.74) is -0.763. The molecule has 1 heterocycles. The van der Waals surface area contributed by atoms with Crippen molar-refractivity contribution in [3.05, 3.63) is 35.4 Å². The molecule has 2 amide bonds. The second kappa shape index (κ2) is 8.14. The molecule has 0 spiro atoms. The molecule has 0 unspecified atom stereocenters. The standard InChI is InChI=1S/C16H19F3N2O3/c17-16(18,19)12-5-3-11(4-6-12)15(23)21-10-14(22)20-8-7-13-2-1-9-24-13/h3-6,13H,1-2,7-10H2,(H,20,22)(H,21,23)/t13-/m1/s1. The lowest BCUT2D eigenvalue weighted by Gasteiger charge is -2.11. The largest absolute Gasteiger partial charge is 0.416 e. The zero-order chi connectivity index (χ0) is 17.6. The van der Waals surface area contributed by atoms with Crippen molar-refractivity contribution < 1.29 is 27.5 Å². The number of carbonyl (C=O) groups is 2. The summed E-state index contributed by atoms with van der Waals surface area (Å²) >= 11 is 0. The summed E-state index contributed by atoms with van der Waals surface area (Å²) in [6.45, 7) is 0.979. The van der Waals surface area contributed by atoms with Crippen molar-refractivity contribution in [1.82, 2.24) is 10.6 Å². The van der Waals surface area contributed by atoms with E-state index in [1.54, 1.807) is 0 Å². The molecule has 8 heteroatoms.